The van der Waals surface area contributed by atoms with Crippen LogP contribution in [0.5, 0.6) is 0 Å². The zero-order chi connectivity index (χ0) is 13.9. The van der Waals surface area contributed by atoms with E-state index in [-0.39, 0.29) is 6.04 Å². The molecule has 1 aromatic carbocycles. The highest BCUT2D eigenvalue weighted by Gasteiger charge is 2.19. The summed E-state index contributed by atoms with van der Waals surface area (Å²) in [5.74, 6) is 0. The molecule has 102 valence electrons. The molecule has 0 saturated heterocycles. The van der Waals surface area contributed by atoms with Gasteiger partial charge in [0.15, 0.2) is 0 Å². The predicted molar refractivity (Wildman–Crippen MR) is 84.0 cm³/mol. The van der Waals surface area contributed by atoms with E-state index >= 15 is 0 Å². The average molecular weight is 283 g/mol. The summed E-state index contributed by atoms with van der Waals surface area (Å²) >= 11 is 1.68. The normalized spacial score (nSPS) is 12.9. The van der Waals surface area contributed by atoms with Gasteiger partial charge in [0.05, 0.1) is 6.04 Å². The van der Waals surface area contributed by atoms with Gasteiger partial charge in [0.1, 0.15) is 5.01 Å². The van der Waals surface area contributed by atoms with E-state index in [0.717, 1.165) is 10.4 Å². The Hall–Kier alpha value is -1.78. The summed E-state index contributed by atoms with van der Waals surface area (Å²) in [6.45, 7) is 4.30. The molecule has 0 radical (unpaired) electrons. The minimum absolute atomic E-state index is 0.0913. The number of nitrogens with zero attached hydrogens (tertiary/aromatic N) is 2. The number of nitrogens with one attached hydrogen (secondary N) is 1. The quantitative estimate of drug-likeness (QED) is 0.792. The van der Waals surface area contributed by atoms with Gasteiger partial charge in [0, 0.05) is 41.0 Å². The monoisotopic (exact) mass is 283 g/mol. The number of fused-ring (bicyclic) bond motifs is 1. The summed E-state index contributed by atoms with van der Waals surface area (Å²) in [6, 6.07) is 8.83. The molecule has 0 saturated carbocycles. The first kappa shape index (κ1) is 13.2. The van der Waals surface area contributed by atoms with Gasteiger partial charge >= 0.3 is 0 Å². The van der Waals surface area contributed by atoms with E-state index in [9.17, 15) is 0 Å². The maximum atomic E-state index is 4.48. The second-order valence-electron chi connectivity index (χ2n) is 5.07. The summed E-state index contributed by atoms with van der Waals surface area (Å²) in [6.07, 6.45) is 5.71. The van der Waals surface area contributed by atoms with E-state index in [4.69, 9.17) is 0 Å². The zero-order valence-electron chi connectivity index (χ0n) is 11.6. The highest BCUT2D eigenvalue weighted by atomic mass is 32.1. The molecule has 0 aliphatic heterocycles. The van der Waals surface area contributed by atoms with Gasteiger partial charge in [-0.1, -0.05) is 24.3 Å². The summed E-state index contributed by atoms with van der Waals surface area (Å²) in [7, 11) is 0. The standard InChI is InChI=1S/C16H17N3S/c1-11(2)19-15(16-18-7-8-20-16)14-10-17-9-12-5-3-4-6-13(12)14/h3-11,15,19H,1-2H3. The Balaban J connectivity index is 2.14. The maximum Gasteiger partial charge on any atom is 0.114 e. The molecular formula is C16H17N3S. The Bertz CT molecular complexity index is 687. The van der Waals surface area contributed by atoms with Crippen LogP contribution in [0.25, 0.3) is 10.8 Å². The van der Waals surface area contributed by atoms with Gasteiger partial charge in [-0.2, -0.15) is 0 Å². The van der Waals surface area contributed by atoms with Crippen molar-refractivity contribution in [2.24, 2.45) is 0 Å². The van der Waals surface area contributed by atoms with E-state index < -0.39 is 0 Å². The van der Waals surface area contributed by atoms with Crippen molar-refractivity contribution in [3.05, 3.63) is 58.8 Å². The molecule has 1 N–H and O–H groups in total. The zero-order valence-corrected chi connectivity index (χ0v) is 12.4. The summed E-state index contributed by atoms with van der Waals surface area (Å²) in [4.78, 5) is 8.87. The number of pyridine rings is 1. The molecule has 0 amide bonds. The van der Waals surface area contributed by atoms with Crippen molar-refractivity contribution in [1.29, 1.82) is 0 Å². The van der Waals surface area contributed by atoms with Crippen molar-refractivity contribution in [3.8, 4) is 0 Å². The number of hydrogen-bond donors (Lipinski definition) is 1. The fourth-order valence-corrected chi connectivity index (χ4v) is 3.09. The van der Waals surface area contributed by atoms with Gasteiger partial charge in [-0.05, 0) is 19.2 Å². The van der Waals surface area contributed by atoms with E-state index in [1.807, 2.05) is 30.0 Å². The van der Waals surface area contributed by atoms with Crippen LogP contribution in [0, 0.1) is 0 Å². The molecule has 0 spiro atoms. The van der Waals surface area contributed by atoms with Crippen LogP contribution in [0.3, 0.4) is 0 Å². The maximum absolute atomic E-state index is 4.48. The number of hydrogen-bond acceptors (Lipinski definition) is 4. The van der Waals surface area contributed by atoms with Crippen LogP contribution in [0.15, 0.2) is 48.2 Å². The third-order valence-corrected chi connectivity index (χ3v) is 4.05. The molecule has 3 rings (SSSR count). The molecule has 1 atom stereocenters. The number of rotatable bonds is 4. The molecule has 3 nitrogen and oxygen atoms in total. The summed E-state index contributed by atoms with van der Waals surface area (Å²) in [5, 5.41) is 9.09. The van der Waals surface area contributed by atoms with Crippen molar-refractivity contribution < 1.29 is 0 Å². The topological polar surface area (TPSA) is 37.8 Å². The van der Waals surface area contributed by atoms with E-state index in [1.54, 1.807) is 11.3 Å². The van der Waals surface area contributed by atoms with Crippen LogP contribution >= 0.6 is 11.3 Å². The van der Waals surface area contributed by atoms with Gasteiger partial charge in [0.25, 0.3) is 0 Å². The molecule has 0 aliphatic carbocycles. The van der Waals surface area contributed by atoms with Crippen LogP contribution in [-0.4, -0.2) is 16.0 Å². The highest BCUT2D eigenvalue weighted by Crippen LogP contribution is 2.29. The lowest BCUT2D eigenvalue weighted by molar-refractivity contribution is 0.528. The Morgan fingerprint density at radius 1 is 1.15 bits per heavy atom. The first-order valence-corrected chi connectivity index (χ1v) is 7.62. The van der Waals surface area contributed by atoms with Gasteiger partial charge in [0.2, 0.25) is 0 Å². The SMILES string of the molecule is CC(C)NC(c1nccs1)c1cncc2ccccc12. The van der Waals surface area contributed by atoms with Crippen molar-refractivity contribution in [1.82, 2.24) is 15.3 Å². The molecule has 0 aliphatic rings. The van der Waals surface area contributed by atoms with Gasteiger partial charge in [-0.15, -0.1) is 11.3 Å². The largest absolute Gasteiger partial charge is 0.302 e. The fourth-order valence-electron chi connectivity index (χ4n) is 2.37. The molecular weight excluding hydrogens is 266 g/mol. The van der Waals surface area contributed by atoms with Crippen LogP contribution in [0.2, 0.25) is 0 Å². The highest BCUT2D eigenvalue weighted by molar-refractivity contribution is 7.09. The number of benzene rings is 1. The predicted octanol–water partition coefficient (Wildman–Crippen LogP) is 3.78. The third-order valence-electron chi connectivity index (χ3n) is 3.21. The summed E-state index contributed by atoms with van der Waals surface area (Å²) in [5.41, 5.74) is 1.19. The fraction of sp³-hybridized carbons (Fsp3) is 0.250. The van der Waals surface area contributed by atoms with Gasteiger partial charge in [-0.3, -0.25) is 4.98 Å². The molecule has 4 heteroatoms. The van der Waals surface area contributed by atoms with Crippen molar-refractivity contribution in [3.63, 3.8) is 0 Å². The van der Waals surface area contributed by atoms with E-state index in [0.29, 0.717) is 6.04 Å². The van der Waals surface area contributed by atoms with Crippen LogP contribution in [-0.2, 0) is 0 Å². The number of aromatic nitrogens is 2. The van der Waals surface area contributed by atoms with Crippen molar-refractivity contribution in [2.45, 2.75) is 25.9 Å². The molecule has 20 heavy (non-hydrogen) atoms. The smallest absolute Gasteiger partial charge is 0.114 e. The number of thiazole rings is 1. The average Bonchev–Trinajstić information content (AvgIpc) is 2.98. The first-order chi connectivity index (χ1) is 9.75. The summed E-state index contributed by atoms with van der Waals surface area (Å²) < 4.78 is 0. The molecule has 1 unspecified atom stereocenters. The lowest BCUT2D eigenvalue weighted by Gasteiger charge is -2.21. The van der Waals surface area contributed by atoms with E-state index in [2.05, 4.69) is 47.3 Å². The Kier molecular flexibility index (Phi) is 3.76. The van der Waals surface area contributed by atoms with Gasteiger partial charge in [-0.25, -0.2) is 4.98 Å². The molecule has 2 heterocycles. The molecule has 0 bridgehead atoms. The molecule has 0 fully saturated rings. The lowest BCUT2D eigenvalue weighted by atomic mass is 10.0. The molecule has 2 aromatic heterocycles. The Morgan fingerprint density at radius 3 is 2.75 bits per heavy atom. The van der Waals surface area contributed by atoms with Crippen LogP contribution < -0.4 is 5.32 Å². The van der Waals surface area contributed by atoms with Crippen LogP contribution in [0.1, 0.15) is 30.5 Å². The minimum atomic E-state index is 0.0913. The van der Waals surface area contributed by atoms with Crippen molar-refractivity contribution >= 4 is 22.1 Å². The Morgan fingerprint density at radius 2 is 2.00 bits per heavy atom. The molecule has 3 aromatic rings. The minimum Gasteiger partial charge on any atom is -0.302 e. The van der Waals surface area contributed by atoms with Crippen molar-refractivity contribution in [2.75, 3.05) is 0 Å². The second kappa shape index (κ2) is 5.69. The Labute approximate surface area is 122 Å². The van der Waals surface area contributed by atoms with Crippen LogP contribution in [0.4, 0.5) is 0 Å². The third kappa shape index (κ3) is 2.57. The van der Waals surface area contributed by atoms with E-state index in [1.165, 1.54) is 10.9 Å². The van der Waals surface area contributed by atoms with Gasteiger partial charge < -0.3 is 5.32 Å². The first-order valence-electron chi connectivity index (χ1n) is 6.74. The lowest BCUT2D eigenvalue weighted by Crippen LogP contribution is -2.29. The second-order valence-corrected chi connectivity index (χ2v) is 6.00.